The topological polar surface area (TPSA) is 54.7 Å². The summed E-state index contributed by atoms with van der Waals surface area (Å²) in [7, 11) is 0. The zero-order valence-corrected chi connectivity index (χ0v) is 18.9. The van der Waals surface area contributed by atoms with Crippen LogP contribution < -0.4 is 14.4 Å². The van der Waals surface area contributed by atoms with E-state index in [0.29, 0.717) is 23.5 Å². The van der Waals surface area contributed by atoms with Crippen LogP contribution in [0.25, 0.3) is 11.0 Å². The molecule has 0 spiro atoms. The summed E-state index contributed by atoms with van der Waals surface area (Å²) in [5.74, 6) is 0.412. The molecule has 1 saturated heterocycles. The van der Waals surface area contributed by atoms with Gasteiger partial charge in [0.25, 0.3) is 5.91 Å². The normalized spacial score (nSPS) is 14.4. The number of hydrogen-bond acceptors (Lipinski definition) is 5. The molecule has 4 rings (SSSR count). The van der Waals surface area contributed by atoms with Crippen LogP contribution >= 0.6 is 11.9 Å². The fourth-order valence-electron chi connectivity index (χ4n) is 3.52. The van der Waals surface area contributed by atoms with Gasteiger partial charge in [-0.25, -0.2) is 4.39 Å². The first-order valence-corrected chi connectivity index (χ1v) is 11.5. The third-order valence-electron chi connectivity index (χ3n) is 5.72. The zero-order chi connectivity index (χ0) is 22.0. The molecule has 0 aliphatic carbocycles. The lowest BCUT2D eigenvalue weighted by molar-refractivity contribution is 0.0959. The van der Waals surface area contributed by atoms with Crippen LogP contribution in [0, 0.1) is 5.82 Å². The average molecular weight is 443 g/mol. The van der Waals surface area contributed by atoms with Crippen molar-refractivity contribution in [1.29, 1.82) is 0 Å². The van der Waals surface area contributed by atoms with Crippen molar-refractivity contribution >= 4 is 34.5 Å². The van der Waals surface area contributed by atoms with Crippen molar-refractivity contribution in [3.63, 3.8) is 0 Å². The van der Waals surface area contributed by atoms with Crippen molar-refractivity contribution in [2.45, 2.75) is 44.4 Å². The molecule has 5 nitrogen and oxygen atoms in total. The predicted octanol–water partition coefficient (Wildman–Crippen LogP) is 6.13. The highest BCUT2D eigenvalue weighted by Gasteiger charge is 2.20. The number of anilines is 1. The number of benzene rings is 2. The number of ether oxygens (including phenoxy) is 1. The number of hydrogen-bond donors (Lipinski definition) is 1. The van der Waals surface area contributed by atoms with E-state index in [1.807, 2.05) is 19.1 Å². The lowest BCUT2D eigenvalue weighted by Crippen LogP contribution is -2.36. The second-order valence-electron chi connectivity index (χ2n) is 7.77. The summed E-state index contributed by atoms with van der Waals surface area (Å²) in [5.41, 5.74) is 2.35. The smallest absolute Gasteiger partial charge is 0.297 e. The zero-order valence-electron chi connectivity index (χ0n) is 18.0. The molecule has 0 saturated carbocycles. The predicted molar refractivity (Wildman–Crippen MR) is 123 cm³/mol. The van der Waals surface area contributed by atoms with Crippen LogP contribution in [0.5, 0.6) is 5.75 Å². The Morgan fingerprint density at radius 2 is 2.06 bits per heavy atom. The Bertz CT molecular complexity index is 1090. The van der Waals surface area contributed by atoms with Gasteiger partial charge in [0.1, 0.15) is 17.1 Å². The van der Waals surface area contributed by atoms with E-state index in [1.54, 1.807) is 6.07 Å². The minimum atomic E-state index is -0.414. The fourth-order valence-corrected chi connectivity index (χ4v) is 4.25. The average Bonchev–Trinajstić information content (AvgIpc) is 3.16. The van der Waals surface area contributed by atoms with Crippen LogP contribution in [0.4, 0.5) is 10.1 Å². The van der Waals surface area contributed by atoms with Crippen LogP contribution in [-0.2, 0) is 0 Å². The standard InChI is InChI=1S/C24H27FN2O3S/c1-4-15(3)16-7-8-20(29-5-2)23(11-16)31-26-24(28)22-14-18-19(25)12-17(13-21(18)30-22)27-9-6-10-27/h7-8,11-15H,4-6,9-10H2,1-3H3,(H,26,28). The molecular formula is C24H27FN2O3S. The first kappa shape index (κ1) is 21.6. The summed E-state index contributed by atoms with van der Waals surface area (Å²) in [5, 5.41) is 0.313. The van der Waals surface area contributed by atoms with Crippen LogP contribution in [0.1, 0.15) is 55.6 Å². The molecule has 7 heteroatoms. The molecule has 1 aliphatic heterocycles. The van der Waals surface area contributed by atoms with Crippen molar-refractivity contribution in [2.24, 2.45) is 0 Å². The lowest BCUT2D eigenvalue weighted by atomic mass is 9.99. The Morgan fingerprint density at radius 3 is 2.74 bits per heavy atom. The summed E-state index contributed by atoms with van der Waals surface area (Å²) in [6.07, 6.45) is 2.12. The second-order valence-corrected chi connectivity index (χ2v) is 8.62. The molecular weight excluding hydrogens is 415 g/mol. The highest BCUT2D eigenvalue weighted by molar-refractivity contribution is 7.98. The van der Waals surface area contributed by atoms with Crippen molar-refractivity contribution in [3.8, 4) is 5.75 Å². The van der Waals surface area contributed by atoms with Gasteiger partial charge in [0.05, 0.1) is 16.9 Å². The van der Waals surface area contributed by atoms with Gasteiger partial charge in [-0.1, -0.05) is 19.9 Å². The molecule has 0 radical (unpaired) electrons. The minimum Gasteiger partial charge on any atom is -0.493 e. The van der Waals surface area contributed by atoms with Gasteiger partial charge in [0, 0.05) is 30.9 Å². The van der Waals surface area contributed by atoms with Gasteiger partial charge in [0.15, 0.2) is 5.76 Å². The maximum Gasteiger partial charge on any atom is 0.297 e. The Hall–Kier alpha value is -2.67. The maximum atomic E-state index is 14.5. The van der Waals surface area contributed by atoms with E-state index in [0.717, 1.165) is 42.3 Å². The van der Waals surface area contributed by atoms with Gasteiger partial charge < -0.3 is 14.1 Å². The van der Waals surface area contributed by atoms with Gasteiger partial charge in [0.2, 0.25) is 0 Å². The summed E-state index contributed by atoms with van der Waals surface area (Å²) in [6.45, 7) is 8.59. The van der Waals surface area contributed by atoms with Crippen molar-refractivity contribution < 1.29 is 18.3 Å². The first-order chi connectivity index (χ1) is 15.0. The number of nitrogens with zero attached hydrogens (tertiary/aromatic N) is 1. The molecule has 1 atom stereocenters. The molecule has 3 aromatic rings. The Kier molecular flexibility index (Phi) is 6.41. The number of carbonyl (C=O) groups excluding carboxylic acids is 1. The molecule has 1 unspecified atom stereocenters. The number of fused-ring (bicyclic) bond motifs is 1. The number of amides is 1. The molecule has 164 valence electrons. The quantitative estimate of drug-likeness (QED) is 0.425. The van der Waals surface area contributed by atoms with E-state index < -0.39 is 5.91 Å². The maximum absolute atomic E-state index is 14.5. The second kappa shape index (κ2) is 9.22. The lowest BCUT2D eigenvalue weighted by Gasteiger charge is -2.33. The molecule has 2 aromatic carbocycles. The van der Waals surface area contributed by atoms with E-state index in [2.05, 4.69) is 29.5 Å². The minimum absolute atomic E-state index is 0.0817. The molecule has 1 N–H and O–H groups in total. The van der Waals surface area contributed by atoms with Crippen LogP contribution in [-0.4, -0.2) is 25.6 Å². The van der Waals surface area contributed by atoms with Crippen molar-refractivity contribution in [2.75, 3.05) is 24.6 Å². The molecule has 1 amide bonds. The molecule has 31 heavy (non-hydrogen) atoms. The largest absolute Gasteiger partial charge is 0.493 e. The molecule has 1 aliphatic rings. The van der Waals surface area contributed by atoms with Crippen molar-refractivity contribution in [1.82, 2.24) is 4.72 Å². The highest BCUT2D eigenvalue weighted by Crippen LogP contribution is 2.33. The molecule has 0 bridgehead atoms. The summed E-state index contributed by atoms with van der Waals surface area (Å²) < 4.78 is 28.8. The van der Waals surface area contributed by atoms with Gasteiger partial charge in [-0.15, -0.1) is 0 Å². The number of furan rings is 1. The van der Waals surface area contributed by atoms with E-state index in [-0.39, 0.29) is 11.6 Å². The third kappa shape index (κ3) is 4.51. The summed E-state index contributed by atoms with van der Waals surface area (Å²) in [6, 6.07) is 10.8. The summed E-state index contributed by atoms with van der Waals surface area (Å²) in [4.78, 5) is 15.6. The fraction of sp³-hybridized carbons (Fsp3) is 0.375. The Balaban J connectivity index is 1.53. The van der Waals surface area contributed by atoms with E-state index in [4.69, 9.17) is 9.15 Å². The number of nitrogens with one attached hydrogen (secondary N) is 1. The van der Waals surface area contributed by atoms with Gasteiger partial charge in [-0.2, -0.15) is 0 Å². The van der Waals surface area contributed by atoms with Crippen LogP contribution in [0.15, 0.2) is 45.7 Å². The SMILES string of the molecule is CCOc1ccc(C(C)CC)cc1SNC(=O)c1cc2c(F)cc(N3CCC3)cc2o1. The van der Waals surface area contributed by atoms with Gasteiger partial charge in [-0.3, -0.25) is 9.52 Å². The van der Waals surface area contributed by atoms with E-state index >= 15 is 0 Å². The number of carbonyl (C=O) groups is 1. The highest BCUT2D eigenvalue weighted by atomic mass is 32.2. The van der Waals surface area contributed by atoms with Crippen LogP contribution in [0.2, 0.25) is 0 Å². The Morgan fingerprint density at radius 1 is 1.26 bits per heavy atom. The summed E-state index contributed by atoms with van der Waals surface area (Å²) >= 11 is 1.18. The van der Waals surface area contributed by atoms with Crippen LogP contribution in [0.3, 0.4) is 0 Å². The molecule has 2 heterocycles. The first-order valence-electron chi connectivity index (χ1n) is 10.7. The van der Waals surface area contributed by atoms with Gasteiger partial charge in [-0.05, 0) is 61.4 Å². The molecule has 1 aromatic heterocycles. The number of halogens is 1. The number of rotatable bonds is 8. The molecule has 1 fully saturated rings. The Labute approximate surface area is 186 Å². The third-order valence-corrected chi connectivity index (χ3v) is 6.55. The van der Waals surface area contributed by atoms with E-state index in [1.165, 1.54) is 29.6 Å². The van der Waals surface area contributed by atoms with Crippen molar-refractivity contribution in [3.05, 3.63) is 53.5 Å². The monoisotopic (exact) mass is 442 g/mol. The van der Waals surface area contributed by atoms with E-state index in [9.17, 15) is 9.18 Å². The van der Waals surface area contributed by atoms with Gasteiger partial charge >= 0.3 is 0 Å².